The molecule has 0 aromatic carbocycles. The smallest absolute Gasteiger partial charge is 0.330 e. The van der Waals surface area contributed by atoms with Crippen molar-refractivity contribution in [2.45, 2.75) is 13.0 Å². The predicted octanol–water partition coefficient (Wildman–Crippen LogP) is -1.67. The Morgan fingerprint density at radius 3 is 2.67 bits per heavy atom. The Hall–Kier alpha value is -1.93. The van der Waals surface area contributed by atoms with Gasteiger partial charge in [0.05, 0.1) is 6.61 Å². The lowest BCUT2D eigenvalue weighted by Gasteiger charge is -2.08. The lowest BCUT2D eigenvalue weighted by atomic mass is 10.3. The molecule has 0 unspecified atom stereocenters. The van der Waals surface area contributed by atoms with E-state index in [1.54, 1.807) is 14.2 Å². The first kappa shape index (κ1) is 17.1. The molecule has 0 radical (unpaired) electrons. The van der Waals surface area contributed by atoms with Crippen LogP contribution < -0.4 is 21.9 Å². The summed E-state index contributed by atoms with van der Waals surface area (Å²) < 4.78 is 7.25. The second-order valence-electron chi connectivity index (χ2n) is 4.68. The summed E-state index contributed by atoms with van der Waals surface area (Å²) in [5.41, 5.74) is -0.198. The Bertz CT molecular complexity index is 591. The highest BCUT2D eigenvalue weighted by atomic mass is 16.5. The number of hydrogen-bond donors (Lipinski definition) is 2. The third-order valence-corrected chi connectivity index (χ3v) is 2.99. The lowest BCUT2D eigenvalue weighted by molar-refractivity contribution is -0.121. The summed E-state index contributed by atoms with van der Waals surface area (Å²) >= 11 is 0. The van der Waals surface area contributed by atoms with Crippen molar-refractivity contribution in [1.29, 1.82) is 0 Å². The second-order valence-corrected chi connectivity index (χ2v) is 4.68. The highest BCUT2D eigenvalue weighted by Crippen LogP contribution is 1.88. The van der Waals surface area contributed by atoms with Gasteiger partial charge in [0.1, 0.15) is 0 Å². The second kappa shape index (κ2) is 8.38. The van der Waals surface area contributed by atoms with Gasteiger partial charge in [-0.1, -0.05) is 0 Å². The van der Waals surface area contributed by atoms with E-state index in [0.29, 0.717) is 38.2 Å². The average Bonchev–Trinajstić information content (AvgIpc) is 2.46. The van der Waals surface area contributed by atoms with E-state index in [4.69, 9.17) is 4.74 Å². The molecule has 2 N–H and O–H groups in total. The Balaban J connectivity index is 2.42. The van der Waals surface area contributed by atoms with Gasteiger partial charge >= 0.3 is 5.69 Å². The number of nitrogens with zero attached hydrogens (tertiary/aromatic N) is 2. The molecule has 0 atom stereocenters. The summed E-state index contributed by atoms with van der Waals surface area (Å²) in [5, 5.41) is 5.72. The minimum Gasteiger partial charge on any atom is -0.383 e. The van der Waals surface area contributed by atoms with Crippen LogP contribution in [0.25, 0.3) is 0 Å². The molecule has 0 aliphatic carbocycles. The van der Waals surface area contributed by atoms with Gasteiger partial charge < -0.3 is 19.9 Å². The van der Waals surface area contributed by atoms with Crippen LogP contribution in [-0.4, -0.2) is 41.8 Å². The van der Waals surface area contributed by atoms with Crippen LogP contribution in [0.3, 0.4) is 0 Å². The molecule has 118 valence electrons. The summed E-state index contributed by atoms with van der Waals surface area (Å²) in [4.78, 5) is 34.8. The number of carbonyl (C=O) groups is 1. The minimum atomic E-state index is -0.360. The van der Waals surface area contributed by atoms with Crippen molar-refractivity contribution in [3.8, 4) is 0 Å². The van der Waals surface area contributed by atoms with Gasteiger partial charge in [0.2, 0.25) is 5.91 Å². The van der Waals surface area contributed by atoms with Crippen LogP contribution in [0.1, 0.15) is 12.0 Å². The molecule has 0 fully saturated rings. The van der Waals surface area contributed by atoms with Crippen LogP contribution in [0.4, 0.5) is 0 Å². The number of amides is 1. The molecule has 1 amide bonds. The number of carbonyl (C=O) groups excluding carboxylic acids is 1. The monoisotopic (exact) mass is 298 g/mol. The largest absolute Gasteiger partial charge is 0.383 e. The normalized spacial score (nSPS) is 10.6. The van der Waals surface area contributed by atoms with Crippen molar-refractivity contribution in [2.75, 3.05) is 26.8 Å². The van der Waals surface area contributed by atoms with Gasteiger partial charge in [-0.3, -0.25) is 14.2 Å². The van der Waals surface area contributed by atoms with Crippen molar-refractivity contribution in [3.63, 3.8) is 0 Å². The van der Waals surface area contributed by atoms with Gasteiger partial charge in [0.15, 0.2) is 0 Å². The number of nitrogens with one attached hydrogen (secondary N) is 2. The van der Waals surface area contributed by atoms with E-state index in [9.17, 15) is 14.4 Å². The maximum atomic E-state index is 11.9. The first-order chi connectivity index (χ1) is 9.97. The van der Waals surface area contributed by atoms with Crippen LogP contribution in [0.15, 0.2) is 15.8 Å². The molecule has 0 aliphatic rings. The van der Waals surface area contributed by atoms with E-state index < -0.39 is 0 Å². The van der Waals surface area contributed by atoms with E-state index in [-0.39, 0.29) is 17.2 Å². The average molecular weight is 298 g/mol. The number of rotatable bonds is 8. The molecule has 8 heteroatoms. The summed E-state index contributed by atoms with van der Waals surface area (Å²) in [6.45, 7) is 1.72. The molecule has 0 spiro atoms. The third kappa shape index (κ3) is 5.16. The van der Waals surface area contributed by atoms with Crippen molar-refractivity contribution in [2.24, 2.45) is 14.1 Å². The number of aryl methyl sites for hydroxylation is 1. The summed E-state index contributed by atoms with van der Waals surface area (Å²) in [6, 6.07) is 0. The standard InChI is InChI=1S/C13H22N4O4/c1-16-9-10(12(19)17(2)13(16)20)8-14-5-4-11(18)15-6-7-21-3/h9,14H,4-8H2,1-3H3,(H,15,18). The molecular formula is C13H22N4O4. The molecule has 1 heterocycles. The number of methoxy groups -OCH3 is 1. The molecule has 8 nitrogen and oxygen atoms in total. The quantitative estimate of drug-likeness (QED) is 0.559. The van der Waals surface area contributed by atoms with Gasteiger partial charge in [-0.25, -0.2) is 4.79 Å². The van der Waals surface area contributed by atoms with E-state index in [1.165, 1.54) is 17.8 Å². The molecule has 0 saturated carbocycles. The zero-order valence-electron chi connectivity index (χ0n) is 12.6. The molecule has 1 aromatic heterocycles. The Labute approximate surface area is 122 Å². The van der Waals surface area contributed by atoms with Crippen LogP contribution >= 0.6 is 0 Å². The van der Waals surface area contributed by atoms with E-state index in [1.807, 2.05) is 0 Å². The zero-order valence-corrected chi connectivity index (χ0v) is 12.6. The molecule has 1 aromatic rings. The topological polar surface area (TPSA) is 94.4 Å². The summed E-state index contributed by atoms with van der Waals surface area (Å²) in [5.74, 6) is -0.0760. The van der Waals surface area contributed by atoms with E-state index in [0.717, 1.165) is 4.57 Å². The van der Waals surface area contributed by atoms with Crippen molar-refractivity contribution >= 4 is 5.91 Å². The van der Waals surface area contributed by atoms with Gasteiger partial charge in [-0.2, -0.15) is 0 Å². The Morgan fingerprint density at radius 2 is 2.00 bits per heavy atom. The third-order valence-electron chi connectivity index (χ3n) is 2.99. The summed E-state index contributed by atoms with van der Waals surface area (Å²) in [7, 11) is 4.60. The van der Waals surface area contributed by atoms with Crippen LogP contribution in [0.5, 0.6) is 0 Å². The van der Waals surface area contributed by atoms with Crippen LogP contribution in [-0.2, 0) is 30.2 Å². The highest BCUT2D eigenvalue weighted by molar-refractivity contribution is 5.75. The lowest BCUT2D eigenvalue weighted by Crippen LogP contribution is -2.39. The van der Waals surface area contributed by atoms with E-state index >= 15 is 0 Å². The molecule has 1 rings (SSSR count). The van der Waals surface area contributed by atoms with Gasteiger partial charge in [-0.15, -0.1) is 0 Å². The molecular weight excluding hydrogens is 276 g/mol. The van der Waals surface area contributed by atoms with Gasteiger partial charge in [-0.05, 0) is 0 Å². The fourth-order valence-electron chi connectivity index (χ4n) is 1.81. The van der Waals surface area contributed by atoms with Gasteiger partial charge in [0.25, 0.3) is 5.56 Å². The minimum absolute atomic E-state index is 0.0760. The first-order valence-corrected chi connectivity index (χ1v) is 6.69. The van der Waals surface area contributed by atoms with E-state index in [2.05, 4.69) is 10.6 Å². The Morgan fingerprint density at radius 1 is 1.29 bits per heavy atom. The Kier molecular flexibility index (Phi) is 6.83. The number of hydrogen-bond acceptors (Lipinski definition) is 5. The van der Waals surface area contributed by atoms with Crippen LogP contribution in [0, 0.1) is 0 Å². The van der Waals surface area contributed by atoms with Crippen molar-refractivity contribution in [1.82, 2.24) is 19.8 Å². The molecule has 21 heavy (non-hydrogen) atoms. The fraction of sp³-hybridized carbons (Fsp3) is 0.615. The maximum absolute atomic E-state index is 11.9. The predicted molar refractivity (Wildman–Crippen MR) is 78.1 cm³/mol. The highest BCUT2D eigenvalue weighted by Gasteiger charge is 2.06. The van der Waals surface area contributed by atoms with Crippen molar-refractivity contribution in [3.05, 3.63) is 32.6 Å². The SMILES string of the molecule is COCCNC(=O)CCNCc1cn(C)c(=O)n(C)c1=O. The molecule has 0 saturated heterocycles. The zero-order chi connectivity index (χ0) is 15.8. The number of ether oxygens (including phenoxy) is 1. The molecule has 0 aliphatic heterocycles. The van der Waals surface area contributed by atoms with Crippen molar-refractivity contribution < 1.29 is 9.53 Å². The van der Waals surface area contributed by atoms with Gasteiger partial charge in [0, 0.05) is 59.0 Å². The molecule has 0 bridgehead atoms. The maximum Gasteiger partial charge on any atom is 0.330 e. The van der Waals surface area contributed by atoms with Crippen LogP contribution in [0.2, 0.25) is 0 Å². The fourth-order valence-corrected chi connectivity index (χ4v) is 1.81. The number of aromatic nitrogens is 2. The summed E-state index contributed by atoms with van der Waals surface area (Å²) in [6.07, 6.45) is 1.83. The first-order valence-electron chi connectivity index (χ1n) is 6.69.